The highest BCUT2D eigenvalue weighted by atomic mass is 16.5. The third-order valence-corrected chi connectivity index (χ3v) is 2.28. The monoisotopic (exact) mass is 261 g/mol. The van der Waals surface area contributed by atoms with Crippen LogP contribution in [0.1, 0.15) is 11.4 Å². The van der Waals surface area contributed by atoms with E-state index < -0.39 is 0 Å². The smallest absolute Gasteiger partial charge is 0.322 e. The molecule has 19 heavy (non-hydrogen) atoms. The number of methoxy groups -OCH3 is 1. The summed E-state index contributed by atoms with van der Waals surface area (Å²) in [6.07, 6.45) is 3.42. The van der Waals surface area contributed by atoms with Gasteiger partial charge in [-0.25, -0.2) is 0 Å². The SMILES string of the molecule is CNc1nc(NCc2cnc(C)cn2)nc(OC)n1. The normalized spacial score (nSPS) is 10.1. The molecule has 0 radical (unpaired) electrons. The molecule has 0 aromatic carbocycles. The van der Waals surface area contributed by atoms with Crippen LogP contribution in [0.25, 0.3) is 0 Å². The van der Waals surface area contributed by atoms with Gasteiger partial charge in [0.1, 0.15) is 0 Å². The first-order valence-corrected chi connectivity index (χ1v) is 5.70. The van der Waals surface area contributed by atoms with Gasteiger partial charge in [-0.2, -0.15) is 15.0 Å². The molecule has 0 unspecified atom stereocenters. The first kappa shape index (κ1) is 12.9. The highest BCUT2D eigenvalue weighted by Crippen LogP contribution is 2.10. The summed E-state index contributed by atoms with van der Waals surface area (Å²) < 4.78 is 4.99. The average molecular weight is 261 g/mol. The van der Waals surface area contributed by atoms with Crippen molar-refractivity contribution in [1.29, 1.82) is 0 Å². The number of hydrogen-bond acceptors (Lipinski definition) is 8. The predicted octanol–water partition coefficient (Wildman–Crippen LogP) is 0.632. The number of hydrogen-bond donors (Lipinski definition) is 2. The summed E-state index contributed by atoms with van der Waals surface area (Å²) in [5.41, 5.74) is 1.68. The molecular weight excluding hydrogens is 246 g/mol. The van der Waals surface area contributed by atoms with Gasteiger partial charge in [0.05, 0.1) is 31.2 Å². The lowest BCUT2D eigenvalue weighted by molar-refractivity contribution is 0.379. The van der Waals surface area contributed by atoms with Gasteiger partial charge in [-0.05, 0) is 6.92 Å². The van der Waals surface area contributed by atoms with Gasteiger partial charge in [-0.1, -0.05) is 0 Å². The summed E-state index contributed by atoms with van der Waals surface area (Å²) in [5, 5.41) is 5.88. The molecule has 100 valence electrons. The third-order valence-electron chi connectivity index (χ3n) is 2.28. The highest BCUT2D eigenvalue weighted by molar-refractivity contribution is 5.35. The molecular formula is C11H15N7O. The maximum Gasteiger partial charge on any atom is 0.322 e. The number of ether oxygens (including phenoxy) is 1. The number of rotatable bonds is 5. The number of aromatic nitrogens is 5. The van der Waals surface area contributed by atoms with Crippen molar-refractivity contribution in [3.05, 3.63) is 23.8 Å². The van der Waals surface area contributed by atoms with E-state index in [1.54, 1.807) is 19.4 Å². The lowest BCUT2D eigenvalue weighted by Gasteiger charge is -2.07. The Morgan fingerprint density at radius 3 is 2.53 bits per heavy atom. The number of nitrogens with one attached hydrogen (secondary N) is 2. The molecule has 0 atom stereocenters. The number of nitrogens with zero attached hydrogens (tertiary/aromatic N) is 5. The average Bonchev–Trinajstić information content (AvgIpc) is 2.46. The maximum absolute atomic E-state index is 4.99. The van der Waals surface area contributed by atoms with Crippen LogP contribution in [0.4, 0.5) is 11.9 Å². The van der Waals surface area contributed by atoms with Crippen LogP contribution in [-0.2, 0) is 6.54 Å². The molecule has 0 aliphatic carbocycles. The number of aryl methyl sites for hydroxylation is 1. The van der Waals surface area contributed by atoms with Gasteiger partial charge in [0.25, 0.3) is 0 Å². The molecule has 0 amide bonds. The van der Waals surface area contributed by atoms with E-state index in [0.29, 0.717) is 18.4 Å². The quantitative estimate of drug-likeness (QED) is 0.808. The Morgan fingerprint density at radius 2 is 1.89 bits per heavy atom. The van der Waals surface area contributed by atoms with Crippen molar-refractivity contribution in [1.82, 2.24) is 24.9 Å². The van der Waals surface area contributed by atoms with Crippen LogP contribution in [0.2, 0.25) is 0 Å². The summed E-state index contributed by atoms with van der Waals surface area (Å²) in [7, 11) is 3.23. The maximum atomic E-state index is 4.99. The molecule has 8 heteroatoms. The van der Waals surface area contributed by atoms with Gasteiger partial charge < -0.3 is 15.4 Å². The first-order valence-electron chi connectivity index (χ1n) is 5.70. The Kier molecular flexibility index (Phi) is 4.01. The van der Waals surface area contributed by atoms with Gasteiger partial charge >= 0.3 is 6.01 Å². The molecule has 2 N–H and O–H groups in total. The van der Waals surface area contributed by atoms with Crippen molar-refractivity contribution in [2.45, 2.75) is 13.5 Å². The van der Waals surface area contributed by atoms with Gasteiger partial charge in [-0.3, -0.25) is 9.97 Å². The van der Waals surface area contributed by atoms with Gasteiger partial charge in [-0.15, -0.1) is 0 Å². The van der Waals surface area contributed by atoms with E-state index >= 15 is 0 Å². The number of anilines is 2. The molecule has 2 aromatic heterocycles. The first-order chi connectivity index (χ1) is 9.21. The lowest BCUT2D eigenvalue weighted by atomic mass is 10.4. The lowest BCUT2D eigenvalue weighted by Crippen LogP contribution is -2.09. The summed E-state index contributed by atoms with van der Waals surface area (Å²) in [6.45, 7) is 2.36. The van der Waals surface area contributed by atoms with Crippen molar-refractivity contribution in [3.8, 4) is 6.01 Å². The van der Waals surface area contributed by atoms with Crippen LogP contribution in [0.15, 0.2) is 12.4 Å². The van der Waals surface area contributed by atoms with E-state index in [1.165, 1.54) is 7.11 Å². The molecule has 2 aromatic rings. The Balaban J connectivity index is 2.08. The van der Waals surface area contributed by atoms with E-state index in [0.717, 1.165) is 11.4 Å². The molecule has 0 fully saturated rings. The zero-order chi connectivity index (χ0) is 13.7. The summed E-state index contributed by atoms with van der Waals surface area (Å²) >= 11 is 0. The molecule has 0 spiro atoms. The Labute approximate surface area is 110 Å². The van der Waals surface area contributed by atoms with Crippen molar-refractivity contribution in [3.63, 3.8) is 0 Å². The fourth-order valence-corrected chi connectivity index (χ4v) is 1.32. The van der Waals surface area contributed by atoms with E-state index in [2.05, 4.69) is 35.6 Å². The second kappa shape index (κ2) is 5.89. The Hall–Kier alpha value is -2.51. The molecule has 0 saturated heterocycles. The fourth-order valence-electron chi connectivity index (χ4n) is 1.32. The van der Waals surface area contributed by atoms with Gasteiger partial charge in [0.15, 0.2) is 0 Å². The van der Waals surface area contributed by atoms with E-state index in [1.807, 2.05) is 6.92 Å². The molecule has 0 aliphatic rings. The summed E-state index contributed by atoms with van der Waals surface area (Å²) in [6, 6.07) is 0.247. The molecule has 8 nitrogen and oxygen atoms in total. The topological polar surface area (TPSA) is 97.7 Å². The zero-order valence-corrected chi connectivity index (χ0v) is 11.0. The van der Waals surface area contributed by atoms with Gasteiger partial charge in [0, 0.05) is 13.2 Å². The van der Waals surface area contributed by atoms with Crippen molar-refractivity contribution >= 4 is 11.9 Å². The van der Waals surface area contributed by atoms with Crippen LogP contribution in [0.3, 0.4) is 0 Å². The zero-order valence-electron chi connectivity index (χ0n) is 11.0. The van der Waals surface area contributed by atoms with Crippen molar-refractivity contribution in [2.75, 3.05) is 24.8 Å². The largest absolute Gasteiger partial charge is 0.467 e. The van der Waals surface area contributed by atoms with E-state index in [9.17, 15) is 0 Å². The predicted molar refractivity (Wildman–Crippen MR) is 70.0 cm³/mol. The molecule has 2 heterocycles. The second-order valence-electron chi connectivity index (χ2n) is 3.72. The van der Waals surface area contributed by atoms with Crippen molar-refractivity contribution < 1.29 is 4.74 Å². The second-order valence-corrected chi connectivity index (χ2v) is 3.72. The minimum absolute atomic E-state index is 0.247. The molecule has 0 saturated carbocycles. The summed E-state index contributed by atoms with van der Waals surface area (Å²) in [5.74, 6) is 0.850. The van der Waals surface area contributed by atoms with Crippen LogP contribution in [-0.4, -0.2) is 39.1 Å². The molecule has 0 aliphatic heterocycles. The van der Waals surface area contributed by atoms with Crippen LogP contribution in [0.5, 0.6) is 6.01 Å². The third kappa shape index (κ3) is 3.47. The standard InChI is InChI=1S/C11H15N7O/c1-7-4-14-8(5-13-7)6-15-10-16-9(12-2)17-11(18-10)19-3/h4-5H,6H2,1-3H3,(H2,12,15,16,17,18). The minimum atomic E-state index is 0.247. The Bertz CT molecular complexity index is 521. The van der Waals surface area contributed by atoms with E-state index in [4.69, 9.17) is 4.74 Å². The summed E-state index contributed by atoms with van der Waals surface area (Å²) in [4.78, 5) is 20.7. The minimum Gasteiger partial charge on any atom is -0.467 e. The highest BCUT2D eigenvalue weighted by Gasteiger charge is 2.05. The van der Waals surface area contributed by atoms with Crippen LogP contribution in [0, 0.1) is 6.92 Å². The molecule has 0 bridgehead atoms. The van der Waals surface area contributed by atoms with Crippen molar-refractivity contribution in [2.24, 2.45) is 0 Å². The Morgan fingerprint density at radius 1 is 1.11 bits per heavy atom. The van der Waals surface area contributed by atoms with Gasteiger partial charge in [0.2, 0.25) is 11.9 Å². The van der Waals surface area contributed by atoms with E-state index in [-0.39, 0.29) is 6.01 Å². The fraction of sp³-hybridized carbons (Fsp3) is 0.364. The van der Waals surface area contributed by atoms with Crippen LogP contribution < -0.4 is 15.4 Å². The molecule has 2 rings (SSSR count). The van der Waals surface area contributed by atoms with Crippen LogP contribution >= 0.6 is 0 Å².